The molecule has 1 fully saturated rings. The molecule has 1 unspecified atom stereocenters. The number of hydrogen-bond acceptors (Lipinski definition) is 3. The summed E-state index contributed by atoms with van der Waals surface area (Å²) in [4.78, 5) is 17.0. The monoisotopic (exact) mass is 339 g/mol. The Morgan fingerprint density at radius 3 is 2.35 bits per heavy atom. The Morgan fingerprint density at radius 1 is 1.17 bits per heavy atom. The number of amides is 1. The number of nitrogens with two attached hydrogens (primary N) is 1. The van der Waals surface area contributed by atoms with Crippen LogP contribution < -0.4 is 5.73 Å². The Bertz CT molecular complexity index is 461. The Balaban J connectivity index is 0.00000264. The van der Waals surface area contributed by atoms with Crippen LogP contribution in [-0.4, -0.2) is 48.9 Å². The Morgan fingerprint density at radius 2 is 1.78 bits per heavy atom. The van der Waals surface area contributed by atoms with Crippen LogP contribution in [-0.2, 0) is 4.79 Å². The summed E-state index contributed by atoms with van der Waals surface area (Å²) >= 11 is 0. The zero-order valence-electron chi connectivity index (χ0n) is 14.3. The van der Waals surface area contributed by atoms with Gasteiger partial charge in [0.15, 0.2) is 0 Å². The fourth-order valence-electron chi connectivity index (χ4n) is 3.16. The van der Waals surface area contributed by atoms with E-state index in [0.717, 1.165) is 31.5 Å². The Labute approximate surface area is 146 Å². The molecule has 0 aliphatic heterocycles. The van der Waals surface area contributed by atoms with Gasteiger partial charge in [0.05, 0.1) is 0 Å². The third-order valence-corrected chi connectivity index (χ3v) is 4.50. The van der Waals surface area contributed by atoms with Crippen molar-refractivity contribution in [3.8, 4) is 0 Å². The van der Waals surface area contributed by atoms with E-state index in [-0.39, 0.29) is 24.4 Å². The molecule has 2 rings (SSSR count). The van der Waals surface area contributed by atoms with Crippen molar-refractivity contribution in [1.29, 1.82) is 0 Å². The fraction of sp³-hybridized carbons (Fsp3) is 0.611. The van der Waals surface area contributed by atoms with Crippen LogP contribution in [0.25, 0.3) is 0 Å². The van der Waals surface area contributed by atoms with Crippen LogP contribution in [0.1, 0.15) is 43.7 Å². The van der Waals surface area contributed by atoms with Crippen LogP contribution in [0.5, 0.6) is 0 Å². The van der Waals surface area contributed by atoms with E-state index in [1.54, 1.807) is 0 Å². The van der Waals surface area contributed by atoms with Gasteiger partial charge in [-0.1, -0.05) is 43.2 Å². The average molecular weight is 340 g/mol. The maximum Gasteiger partial charge on any atom is 0.224 e. The molecule has 1 aromatic rings. The number of hydrogen-bond donors (Lipinski definition) is 1. The molecule has 1 aromatic carbocycles. The second kappa shape index (κ2) is 9.91. The van der Waals surface area contributed by atoms with Crippen LogP contribution in [0.2, 0.25) is 0 Å². The topological polar surface area (TPSA) is 49.6 Å². The SMILES string of the molecule is CN(C)CCN(C(=O)CC(N)c1ccccc1)C1CCCC1.Cl. The number of halogens is 1. The van der Waals surface area contributed by atoms with Crippen molar-refractivity contribution in [3.05, 3.63) is 35.9 Å². The summed E-state index contributed by atoms with van der Waals surface area (Å²) in [5.74, 6) is 0.199. The molecule has 5 heteroatoms. The van der Waals surface area contributed by atoms with E-state index in [9.17, 15) is 4.79 Å². The number of carbonyl (C=O) groups excluding carboxylic acids is 1. The first-order valence-corrected chi connectivity index (χ1v) is 8.32. The van der Waals surface area contributed by atoms with Gasteiger partial charge < -0.3 is 15.5 Å². The van der Waals surface area contributed by atoms with Gasteiger partial charge in [0, 0.05) is 31.6 Å². The van der Waals surface area contributed by atoms with Gasteiger partial charge in [-0.05, 0) is 32.5 Å². The quantitative estimate of drug-likeness (QED) is 0.831. The summed E-state index contributed by atoms with van der Waals surface area (Å²) in [7, 11) is 4.10. The highest BCUT2D eigenvalue weighted by Crippen LogP contribution is 2.25. The molecule has 0 radical (unpaired) electrons. The molecule has 130 valence electrons. The largest absolute Gasteiger partial charge is 0.338 e. The highest BCUT2D eigenvalue weighted by molar-refractivity contribution is 5.85. The maximum atomic E-state index is 12.8. The maximum absolute atomic E-state index is 12.8. The predicted molar refractivity (Wildman–Crippen MR) is 97.8 cm³/mol. The van der Waals surface area contributed by atoms with Gasteiger partial charge in [0.2, 0.25) is 5.91 Å². The second-order valence-corrected chi connectivity index (χ2v) is 6.55. The van der Waals surface area contributed by atoms with Gasteiger partial charge in [-0.2, -0.15) is 0 Å². The predicted octanol–water partition coefficient (Wildman–Crippen LogP) is 2.83. The number of carbonyl (C=O) groups is 1. The van der Waals surface area contributed by atoms with Crippen LogP contribution in [0.3, 0.4) is 0 Å². The molecule has 23 heavy (non-hydrogen) atoms. The molecule has 1 saturated carbocycles. The van der Waals surface area contributed by atoms with Gasteiger partial charge in [-0.15, -0.1) is 12.4 Å². The molecule has 4 nitrogen and oxygen atoms in total. The number of nitrogens with zero attached hydrogens (tertiary/aromatic N) is 2. The molecule has 1 amide bonds. The minimum absolute atomic E-state index is 0. The molecule has 2 N–H and O–H groups in total. The lowest BCUT2D eigenvalue weighted by molar-refractivity contribution is -0.134. The minimum Gasteiger partial charge on any atom is -0.338 e. The summed E-state index contributed by atoms with van der Waals surface area (Å²) in [5.41, 5.74) is 7.27. The smallest absolute Gasteiger partial charge is 0.224 e. The van der Waals surface area contributed by atoms with E-state index in [1.165, 1.54) is 12.8 Å². The third kappa shape index (κ3) is 6.13. The zero-order chi connectivity index (χ0) is 15.9. The van der Waals surface area contributed by atoms with Gasteiger partial charge in [0.1, 0.15) is 0 Å². The molecule has 0 spiro atoms. The molecule has 1 atom stereocenters. The lowest BCUT2D eigenvalue weighted by atomic mass is 10.0. The van der Waals surface area contributed by atoms with E-state index in [4.69, 9.17) is 5.73 Å². The van der Waals surface area contributed by atoms with E-state index in [2.05, 4.69) is 9.80 Å². The standard InChI is InChI=1S/C18H29N3O.ClH/c1-20(2)12-13-21(16-10-6-7-11-16)18(22)14-17(19)15-8-4-3-5-9-15;/h3-5,8-9,16-17H,6-7,10-14,19H2,1-2H3;1H. The van der Waals surface area contributed by atoms with Gasteiger partial charge in [-0.3, -0.25) is 4.79 Å². The van der Waals surface area contributed by atoms with Crippen molar-refractivity contribution in [2.24, 2.45) is 5.73 Å². The van der Waals surface area contributed by atoms with Crippen LogP contribution in [0, 0.1) is 0 Å². The van der Waals surface area contributed by atoms with Crippen molar-refractivity contribution < 1.29 is 4.79 Å². The average Bonchev–Trinajstić information content (AvgIpc) is 3.02. The molecule has 0 saturated heterocycles. The number of rotatable bonds is 7. The van der Waals surface area contributed by atoms with E-state index < -0.39 is 0 Å². The molecular formula is C18H30ClN3O. The summed E-state index contributed by atoms with van der Waals surface area (Å²) in [6, 6.07) is 10.1. The van der Waals surface area contributed by atoms with Crippen LogP contribution >= 0.6 is 12.4 Å². The van der Waals surface area contributed by atoms with Gasteiger partial charge >= 0.3 is 0 Å². The summed E-state index contributed by atoms with van der Waals surface area (Å²) in [6.45, 7) is 1.71. The molecule has 1 aliphatic rings. The second-order valence-electron chi connectivity index (χ2n) is 6.55. The third-order valence-electron chi connectivity index (χ3n) is 4.50. The van der Waals surface area contributed by atoms with E-state index >= 15 is 0 Å². The first-order valence-electron chi connectivity index (χ1n) is 8.32. The molecular weight excluding hydrogens is 310 g/mol. The summed E-state index contributed by atoms with van der Waals surface area (Å²) in [5, 5.41) is 0. The van der Waals surface area contributed by atoms with E-state index in [1.807, 2.05) is 44.4 Å². The van der Waals surface area contributed by atoms with Crippen molar-refractivity contribution in [2.75, 3.05) is 27.2 Å². The lowest BCUT2D eigenvalue weighted by Crippen LogP contribution is -2.43. The first kappa shape index (κ1) is 19.9. The molecule has 0 bridgehead atoms. The van der Waals surface area contributed by atoms with Crippen molar-refractivity contribution in [1.82, 2.24) is 9.80 Å². The van der Waals surface area contributed by atoms with Gasteiger partial charge in [0.25, 0.3) is 0 Å². The minimum atomic E-state index is -0.211. The first-order chi connectivity index (χ1) is 10.6. The van der Waals surface area contributed by atoms with Crippen LogP contribution in [0.15, 0.2) is 30.3 Å². The number of benzene rings is 1. The molecule has 0 aromatic heterocycles. The zero-order valence-corrected chi connectivity index (χ0v) is 15.1. The van der Waals surface area contributed by atoms with Crippen molar-refractivity contribution in [2.45, 2.75) is 44.2 Å². The fourth-order valence-corrected chi connectivity index (χ4v) is 3.16. The van der Waals surface area contributed by atoms with E-state index in [0.29, 0.717) is 12.5 Å². The Hall–Kier alpha value is -1.10. The highest BCUT2D eigenvalue weighted by Gasteiger charge is 2.27. The molecule has 1 aliphatic carbocycles. The van der Waals surface area contributed by atoms with Crippen molar-refractivity contribution in [3.63, 3.8) is 0 Å². The van der Waals surface area contributed by atoms with Gasteiger partial charge in [-0.25, -0.2) is 0 Å². The lowest BCUT2D eigenvalue weighted by Gasteiger charge is -2.31. The summed E-state index contributed by atoms with van der Waals surface area (Å²) < 4.78 is 0. The highest BCUT2D eigenvalue weighted by atomic mass is 35.5. The normalized spacial score (nSPS) is 16.2. The Kier molecular flexibility index (Phi) is 8.59. The summed E-state index contributed by atoms with van der Waals surface area (Å²) in [6.07, 6.45) is 5.15. The van der Waals surface area contributed by atoms with Crippen molar-refractivity contribution >= 4 is 18.3 Å². The number of likely N-dealkylation sites (N-methyl/N-ethyl adjacent to an activating group) is 1. The molecule has 0 heterocycles. The van der Waals surface area contributed by atoms with Crippen LogP contribution in [0.4, 0.5) is 0 Å².